The van der Waals surface area contributed by atoms with Gasteiger partial charge in [-0.1, -0.05) is 12.1 Å². The van der Waals surface area contributed by atoms with E-state index < -0.39 is 0 Å². The maximum absolute atomic E-state index is 13.7. The van der Waals surface area contributed by atoms with Crippen LogP contribution >= 0.6 is 0 Å². The number of nitrogens with one attached hydrogen (secondary N) is 1. The molecule has 2 heterocycles. The predicted octanol–water partition coefficient (Wildman–Crippen LogP) is 4.87. The molecule has 1 aromatic heterocycles. The number of piperazine rings is 1. The molecule has 2 aromatic carbocycles. The van der Waals surface area contributed by atoms with E-state index >= 15 is 0 Å². The third-order valence-electron chi connectivity index (χ3n) is 6.08. The van der Waals surface area contributed by atoms with E-state index in [1.165, 1.54) is 22.8 Å². The van der Waals surface area contributed by atoms with Crippen LogP contribution in [0.5, 0.6) is 0 Å². The Balaban J connectivity index is 1.37. The zero-order valence-electron chi connectivity index (χ0n) is 18.9. The summed E-state index contributed by atoms with van der Waals surface area (Å²) in [5.41, 5.74) is 6.66. The van der Waals surface area contributed by atoms with Gasteiger partial charge in [-0.15, -0.1) is 10.2 Å². The van der Waals surface area contributed by atoms with Crippen molar-refractivity contribution < 1.29 is 9.18 Å². The predicted molar refractivity (Wildman–Crippen MR) is 126 cm³/mol. The van der Waals surface area contributed by atoms with Crippen molar-refractivity contribution in [3.05, 3.63) is 70.5 Å². The van der Waals surface area contributed by atoms with Crippen molar-refractivity contribution in [2.45, 2.75) is 27.7 Å². The number of aryl methyl sites for hydroxylation is 4. The summed E-state index contributed by atoms with van der Waals surface area (Å²) in [6.45, 7) is 10.4. The molecular formula is C25H28FN5O. The Kier molecular flexibility index (Phi) is 6.08. The fourth-order valence-corrected chi connectivity index (χ4v) is 3.89. The molecule has 0 aliphatic carbocycles. The number of nitrogens with zero attached hydrogens (tertiary/aromatic N) is 4. The minimum Gasteiger partial charge on any atom is -0.352 e. The van der Waals surface area contributed by atoms with E-state index in [2.05, 4.69) is 53.3 Å². The first kappa shape index (κ1) is 21.7. The molecule has 6 nitrogen and oxygen atoms in total. The van der Waals surface area contributed by atoms with Gasteiger partial charge in [-0.05, 0) is 80.3 Å². The average Bonchev–Trinajstić information content (AvgIpc) is 2.79. The Morgan fingerprint density at radius 2 is 1.56 bits per heavy atom. The van der Waals surface area contributed by atoms with Gasteiger partial charge in [0.25, 0.3) is 0 Å². The Morgan fingerprint density at radius 3 is 2.22 bits per heavy atom. The van der Waals surface area contributed by atoms with E-state index in [9.17, 15) is 9.18 Å². The second kappa shape index (κ2) is 8.94. The third kappa shape index (κ3) is 4.56. The summed E-state index contributed by atoms with van der Waals surface area (Å²) in [6.07, 6.45) is 0. The van der Waals surface area contributed by atoms with Gasteiger partial charge in [0.1, 0.15) is 5.82 Å². The van der Waals surface area contributed by atoms with Crippen molar-refractivity contribution in [3.8, 4) is 11.3 Å². The van der Waals surface area contributed by atoms with Crippen LogP contribution in [-0.2, 0) is 0 Å². The summed E-state index contributed by atoms with van der Waals surface area (Å²) in [4.78, 5) is 16.4. The van der Waals surface area contributed by atoms with Crippen LogP contribution in [0.3, 0.4) is 0 Å². The van der Waals surface area contributed by atoms with Gasteiger partial charge in [-0.3, -0.25) is 0 Å². The zero-order chi connectivity index (χ0) is 22.8. The lowest BCUT2D eigenvalue weighted by Gasteiger charge is -2.35. The summed E-state index contributed by atoms with van der Waals surface area (Å²) >= 11 is 0. The minimum absolute atomic E-state index is 0.223. The normalized spacial score (nSPS) is 13.9. The molecule has 0 spiro atoms. The minimum atomic E-state index is -0.328. The number of benzene rings is 2. The molecule has 0 unspecified atom stereocenters. The van der Waals surface area contributed by atoms with E-state index in [1.54, 1.807) is 24.0 Å². The summed E-state index contributed by atoms with van der Waals surface area (Å²) in [5.74, 6) is 0.474. The summed E-state index contributed by atoms with van der Waals surface area (Å²) in [6, 6.07) is 12.8. The molecule has 4 rings (SSSR count). The van der Waals surface area contributed by atoms with Crippen LogP contribution in [0.25, 0.3) is 11.3 Å². The maximum Gasteiger partial charge on any atom is 0.321 e. The molecule has 0 bridgehead atoms. The second-order valence-electron chi connectivity index (χ2n) is 8.40. The van der Waals surface area contributed by atoms with Gasteiger partial charge in [0.15, 0.2) is 5.82 Å². The van der Waals surface area contributed by atoms with Crippen molar-refractivity contribution >= 4 is 17.5 Å². The molecule has 166 valence electrons. The molecule has 32 heavy (non-hydrogen) atoms. The highest BCUT2D eigenvalue weighted by atomic mass is 19.1. The number of hydrogen-bond donors (Lipinski definition) is 1. The standard InChI is InChI=1S/C25H28FN5O/c1-16-5-6-20(15-22(16)26)27-25(32)31-11-9-30(10-12-31)24-8-7-23(28-29-24)21-14-18(3)17(2)13-19(21)4/h5-8,13-15H,9-12H2,1-4H3,(H,27,32). The van der Waals surface area contributed by atoms with Crippen molar-refractivity contribution in [2.24, 2.45) is 0 Å². The Hall–Kier alpha value is -3.48. The number of carbonyl (C=O) groups is 1. The molecule has 1 fully saturated rings. The van der Waals surface area contributed by atoms with Crippen LogP contribution in [0.1, 0.15) is 22.3 Å². The van der Waals surface area contributed by atoms with Crippen molar-refractivity contribution in [1.82, 2.24) is 15.1 Å². The third-order valence-corrected chi connectivity index (χ3v) is 6.08. The van der Waals surface area contributed by atoms with E-state index in [0.717, 1.165) is 17.1 Å². The largest absolute Gasteiger partial charge is 0.352 e. The number of hydrogen-bond acceptors (Lipinski definition) is 4. The van der Waals surface area contributed by atoms with Crippen molar-refractivity contribution in [1.29, 1.82) is 0 Å². The number of amides is 2. The van der Waals surface area contributed by atoms with E-state index in [0.29, 0.717) is 37.4 Å². The SMILES string of the molecule is Cc1cc(C)c(-c2ccc(N3CCN(C(=O)Nc4ccc(C)c(F)c4)CC3)nn2)cc1C. The molecule has 3 aromatic rings. The van der Waals surface area contributed by atoms with Gasteiger partial charge in [0, 0.05) is 37.4 Å². The molecule has 1 N–H and O–H groups in total. The van der Waals surface area contributed by atoms with Crippen LogP contribution in [0.4, 0.5) is 20.7 Å². The molecule has 1 saturated heterocycles. The van der Waals surface area contributed by atoms with Crippen molar-refractivity contribution in [3.63, 3.8) is 0 Å². The first-order chi connectivity index (χ1) is 15.3. The van der Waals surface area contributed by atoms with Gasteiger partial charge in [0.2, 0.25) is 0 Å². The van der Waals surface area contributed by atoms with Crippen molar-refractivity contribution in [2.75, 3.05) is 36.4 Å². The Bertz CT molecular complexity index is 1140. The van der Waals surface area contributed by atoms with E-state index in [4.69, 9.17) is 0 Å². The topological polar surface area (TPSA) is 61.4 Å². The van der Waals surface area contributed by atoms with Gasteiger partial charge in [-0.2, -0.15) is 0 Å². The number of carbonyl (C=O) groups excluding carboxylic acids is 1. The lowest BCUT2D eigenvalue weighted by molar-refractivity contribution is 0.208. The monoisotopic (exact) mass is 433 g/mol. The molecule has 2 amide bonds. The second-order valence-corrected chi connectivity index (χ2v) is 8.40. The van der Waals surface area contributed by atoms with Crippen LogP contribution in [0, 0.1) is 33.5 Å². The fourth-order valence-electron chi connectivity index (χ4n) is 3.89. The highest BCUT2D eigenvalue weighted by molar-refractivity contribution is 5.89. The summed E-state index contributed by atoms with van der Waals surface area (Å²) in [7, 11) is 0. The first-order valence-corrected chi connectivity index (χ1v) is 10.8. The molecule has 0 atom stereocenters. The van der Waals surface area contributed by atoms with Gasteiger partial charge < -0.3 is 15.1 Å². The molecule has 7 heteroatoms. The zero-order valence-corrected chi connectivity index (χ0v) is 18.9. The number of rotatable bonds is 3. The molecule has 1 aliphatic heterocycles. The fraction of sp³-hybridized carbons (Fsp3) is 0.320. The Labute approximate surface area is 188 Å². The van der Waals surface area contributed by atoms with Crippen LogP contribution < -0.4 is 10.2 Å². The lowest BCUT2D eigenvalue weighted by atomic mass is 9.99. The first-order valence-electron chi connectivity index (χ1n) is 10.8. The number of halogens is 1. The van der Waals surface area contributed by atoms with Crippen LogP contribution in [-0.4, -0.2) is 47.3 Å². The quantitative estimate of drug-likeness (QED) is 0.640. The van der Waals surface area contributed by atoms with Gasteiger partial charge in [-0.25, -0.2) is 9.18 Å². The molecular weight excluding hydrogens is 405 g/mol. The van der Waals surface area contributed by atoms with Gasteiger partial charge in [0.05, 0.1) is 5.69 Å². The highest BCUT2D eigenvalue weighted by Gasteiger charge is 2.22. The highest BCUT2D eigenvalue weighted by Crippen LogP contribution is 2.26. The average molecular weight is 434 g/mol. The van der Waals surface area contributed by atoms with Crippen LogP contribution in [0.15, 0.2) is 42.5 Å². The lowest BCUT2D eigenvalue weighted by Crippen LogP contribution is -2.50. The summed E-state index contributed by atoms with van der Waals surface area (Å²) in [5, 5.41) is 11.7. The Morgan fingerprint density at radius 1 is 0.844 bits per heavy atom. The number of urea groups is 1. The van der Waals surface area contributed by atoms with Crippen LogP contribution in [0.2, 0.25) is 0 Å². The summed E-state index contributed by atoms with van der Waals surface area (Å²) < 4.78 is 13.7. The van der Waals surface area contributed by atoms with E-state index in [1.807, 2.05) is 12.1 Å². The number of aromatic nitrogens is 2. The smallest absolute Gasteiger partial charge is 0.321 e. The maximum atomic E-state index is 13.7. The van der Waals surface area contributed by atoms with Gasteiger partial charge >= 0.3 is 6.03 Å². The molecule has 0 radical (unpaired) electrons. The number of anilines is 2. The molecule has 1 aliphatic rings. The van der Waals surface area contributed by atoms with E-state index in [-0.39, 0.29) is 11.8 Å². The molecule has 0 saturated carbocycles.